The molecule has 0 unspecified atom stereocenters. The van der Waals surface area contributed by atoms with Crippen molar-refractivity contribution < 1.29 is 9.47 Å². The lowest BCUT2D eigenvalue weighted by molar-refractivity contribution is 0.283. The molecule has 114 valence electrons. The maximum atomic E-state index is 5.81. The van der Waals surface area contributed by atoms with Gasteiger partial charge in [-0.15, -0.1) is 0 Å². The van der Waals surface area contributed by atoms with Crippen molar-refractivity contribution >= 4 is 0 Å². The first kappa shape index (κ1) is 16.8. The number of methoxy groups -OCH3 is 1. The summed E-state index contributed by atoms with van der Waals surface area (Å²) in [5, 5.41) is 3.48. The summed E-state index contributed by atoms with van der Waals surface area (Å²) in [6.45, 7) is 10.4. The molecule has 0 aliphatic rings. The second kappa shape index (κ2) is 8.15. The largest absolute Gasteiger partial charge is 0.493 e. The lowest BCUT2D eigenvalue weighted by Crippen LogP contribution is -2.36. The van der Waals surface area contributed by atoms with Gasteiger partial charge in [-0.2, -0.15) is 0 Å². The monoisotopic (exact) mass is 279 g/mol. The topological polar surface area (TPSA) is 30.5 Å². The number of benzene rings is 1. The van der Waals surface area contributed by atoms with Gasteiger partial charge < -0.3 is 14.8 Å². The van der Waals surface area contributed by atoms with Gasteiger partial charge in [0.1, 0.15) is 0 Å². The molecule has 0 saturated heterocycles. The highest BCUT2D eigenvalue weighted by Gasteiger charge is 2.08. The Bertz CT molecular complexity index is 396. The van der Waals surface area contributed by atoms with Gasteiger partial charge in [-0.1, -0.05) is 13.0 Å². The predicted octanol–water partition coefficient (Wildman–Crippen LogP) is 3.80. The highest BCUT2D eigenvalue weighted by molar-refractivity contribution is 5.42. The second-order valence-corrected chi connectivity index (χ2v) is 6.07. The summed E-state index contributed by atoms with van der Waals surface area (Å²) < 4.78 is 11.2. The van der Waals surface area contributed by atoms with Gasteiger partial charge in [0.15, 0.2) is 11.5 Å². The molecule has 3 nitrogen and oxygen atoms in total. The van der Waals surface area contributed by atoms with E-state index in [0.717, 1.165) is 43.9 Å². The minimum absolute atomic E-state index is 0.195. The van der Waals surface area contributed by atoms with Crippen LogP contribution in [0.15, 0.2) is 18.2 Å². The maximum absolute atomic E-state index is 5.81. The molecule has 0 saturated carbocycles. The fraction of sp³-hybridized carbons (Fsp3) is 0.647. The minimum atomic E-state index is 0.195. The molecule has 0 spiro atoms. The second-order valence-electron chi connectivity index (χ2n) is 6.07. The van der Waals surface area contributed by atoms with Crippen molar-refractivity contribution in [3.63, 3.8) is 0 Å². The van der Waals surface area contributed by atoms with Crippen molar-refractivity contribution in [2.75, 3.05) is 20.3 Å². The van der Waals surface area contributed by atoms with E-state index in [2.05, 4.69) is 45.1 Å². The normalized spacial score (nSPS) is 11.4. The van der Waals surface area contributed by atoms with Gasteiger partial charge in [-0.3, -0.25) is 0 Å². The SMILES string of the molecule is CCc1ccc(OCCCCNC(C)(C)C)c(OC)c1. The molecule has 0 bridgehead atoms. The van der Waals surface area contributed by atoms with Crippen LogP contribution in [0.25, 0.3) is 0 Å². The van der Waals surface area contributed by atoms with Crippen LogP contribution in [0.5, 0.6) is 11.5 Å². The van der Waals surface area contributed by atoms with Gasteiger partial charge in [0.2, 0.25) is 0 Å². The summed E-state index contributed by atoms with van der Waals surface area (Å²) in [4.78, 5) is 0. The highest BCUT2D eigenvalue weighted by atomic mass is 16.5. The lowest BCUT2D eigenvalue weighted by atomic mass is 10.1. The van der Waals surface area contributed by atoms with E-state index in [9.17, 15) is 0 Å². The number of nitrogens with one attached hydrogen (secondary N) is 1. The van der Waals surface area contributed by atoms with Gasteiger partial charge >= 0.3 is 0 Å². The third-order valence-electron chi connectivity index (χ3n) is 3.12. The molecule has 0 aromatic heterocycles. The summed E-state index contributed by atoms with van der Waals surface area (Å²) in [7, 11) is 1.69. The molecule has 1 rings (SSSR count). The number of hydrogen-bond donors (Lipinski definition) is 1. The average Bonchev–Trinajstić information content (AvgIpc) is 2.41. The zero-order valence-electron chi connectivity index (χ0n) is 13.6. The first-order valence-electron chi connectivity index (χ1n) is 7.51. The van der Waals surface area contributed by atoms with Crippen molar-refractivity contribution in [3.8, 4) is 11.5 Å². The van der Waals surface area contributed by atoms with Crippen LogP contribution in [0.3, 0.4) is 0 Å². The molecule has 20 heavy (non-hydrogen) atoms. The molecule has 0 heterocycles. The predicted molar refractivity (Wildman–Crippen MR) is 84.9 cm³/mol. The van der Waals surface area contributed by atoms with E-state index in [0.29, 0.717) is 0 Å². The molecule has 0 radical (unpaired) electrons. The minimum Gasteiger partial charge on any atom is -0.493 e. The number of ether oxygens (including phenoxy) is 2. The number of hydrogen-bond acceptors (Lipinski definition) is 3. The summed E-state index contributed by atoms with van der Waals surface area (Å²) in [6.07, 6.45) is 3.17. The van der Waals surface area contributed by atoms with Gasteiger partial charge in [-0.25, -0.2) is 0 Å². The van der Waals surface area contributed by atoms with Crippen molar-refractivity contribution in [2.24, 2.45) is 0 Å². The van der Waals surface area contributed by atoms with Gasteiger partial charge in [0.25, 0.3) is 0 Å². The Morgan fingerprint density at radius 3 is 2.45 bits per heavy atom. The third-order valence-corrected chi connectivity index (χ3v) is 3.12. The van der Waals surface area contributed by atoms with Gasteiger partial charge in [-0.05, 0) is 64.3 Å². The van der Waals surface area contributed by atoms with E-state index >= 15 is 0 Å². The Kier molecular flexibility index (Phi) is 6.86. The smallest absolute Gasteiger partial charge is 0.161 e. The Morgan fingerprint density at radius 1 is 1.10 bits per heavy atom. The van der Waals surface area contributed by atoms with E-state index in [1.54, 1.807) is 7.11 Å². The van der Waals surface area contributed by atoms with E-state index in [4.69, 9.17) is 9.47 Å². The average molecular weight is 279 g/mol. The fourth-order valence-corrected chi connectivity index (χ4v) is 1.92. The van der Waals surface area contributed by atoms with Gasteiger partial charge in [0, 0.05) is 5.54 Å². The molecule has 3 heteroatoms. The molecular formula is C17H29NO2. The first-order chi connectivity index (χ1) is 9.46. The Balaban J connectivity index is 2.31. The fourth-order valence-electron chi connectivity index (χ4n) is 1.92. The Labute approximate surface area is 123 Å². The van der Waals surface area contributed by atoms with Crippen LogP contribution in [0, 0.1) is 0 Å². The van der Waals surface area contributed by atoms with E-state index in [1.165, 1.54) is 5.56 Å². The van der Waals surface area contributed by atoms with Crippen LogP contribution in [0.4, 0.5) is 0 Å². The van der Waals surface area contributed by atoms with Crippen LogP contribution in [-0.2, 0) is 6.42 Å². The van der Waals surface area contributed by atoms with Crippen LogP contribution in [0.2, 0.25) is 0 Å². The standard InChI is InChI=1S/C17H29NO2/c1-6-14-9-10-15(16(13-14)19-5)20-12-8-7-11-18-17(2,3)4/h9-10,13,18H,6-8,11-12H2,1-5H3. The van der Waals surface area contributed by atoms with E-state index in [1.807, 2.05) is 6.07 Å². The quantitative estimate of drug-likeness (QED) is 0.734. The number of aryl methyl sites for hydroxylation is 1. The summed E-state index contributed by atoms with van der Waals surface area (Å²) in [6, 6.07) is 6.15. The molecule has 1 aromatic carbocycles. The van der Waals surface area contributed by atoms with E-state index < -0.39 is 0 Å². The summed E-state index contributed by atoms with van der Waals surface area (Å²) in [5.74, 6) is 1.67. The molecule has 1 aromatic rings. The number of unbranched alkanes of at least 4 members (excludes halogenated alkanes) is 1. The number of rotatable bonds is 8. The van der Waals surface area contributed by atoms with E-state index in [-0.39, 0.29) is 5.54 Å². The van der Waals surface area contributed by atoms with Crippen LogP contribution < -0.4 is 14.8 Å². The molecule has 0 aliphatic heterocycles. The van der Waals surface area contributed by atoms with Crippen molar-refractivity contribution in [1.29, 1.82) is 0 Å². The Morgan fingerprint density at radius 2 is 1.85 bits per heavy atom. The molecule has 0 amide bonds. The molecule has 0 fully saturated rings. The zero-order valence-corrected chi connectivity index (χ0v) is 13.6. The van der Waals surface area contributed by atoms with Crippen LogP contribution >= 0.6 is 0 Å². The van der Waals surface area contributed by atoms with Crippen LogP contribution in [0.1, 0.15) is 46.1 Å². The molecular weight excluding hydrogens is 250 g/mol. The molecule has 0 atom stereocenters. The lowest BCUT2D eigenvalue weighted by Gasteiger charge is -2.20. The summed E-state index contributed by atoms with van der Waals surface area (Å²) in [5.41, 5.74) is 1.46. The molecule has 1 N–H and O–H groups in total. The highest BCUT2D eigenvalue weighted by Crippen LogP contribution is 2.28. The van der Waals surface area contributed by atoms with Crippen molar-refractivity contribution in [2.45, 2.75) is 52.5 Å². The van der Waals surface area contributed by atoms with Crippen LogP contribution in [-0.4, -0.2) is 25.8 Å². The maximum Gasteiger partial charge on any atom is 0.161 e. The Hall–Kier alpha value is -1.22. The zero-order chi connectivity index (χ0) is 15.0. The third kappa shape index (κ3) is 6.29. The van der Waals surface area contributed by atoms with Crippen molar-refractivity contribution in [1.82, 2.24) is 5.32 Å². The van der Waals surface area contributed by atoms with Gasteiger partial charge in [0.05, 0.1) is 13.7 Å². The molecule has 0 aliphatic carbocycles. The first-order valence-corrected chi connectivity index (χ1v) is 7.51. The van der Waals surface area contributed by atoms with Crippen molar-refractivity contribution in [3.05, 3.63) is 23.8 Å². The summed E-state index contributed by atoms with van der Waals surface area (Å²) >= 11 is 0.